The second kappa shape index (κ2) is 4.60. The number of allylic oxidation sites excluding steroid dienone is 1. The maximum atomic E-state index is 5.49. The summed E-state index contributed by atoms with van der Waals surface area (Å²) in [6, 6.07) is 9.85. The van der Waals surface area contributed by atoms with E-state index in [0.29, 0.717) is 6.61 Å². The van der Waals surface area contributed by atoms with Gasteiger partial charge in [0, 0.05) is 0 Å². The van der Waals surface area contributed by atoms with E-state index in [1.807, 2.05) is 37.3 Å². The molecule has 1 heteroatoms. The molecule has 1 aromatic rings. The van der Waals surface area contributed by atoms with Crippen LogP contribution >= 0.6 is 0 Å². The van der Waals surface area contributed by atoms with E-state index < -0.39 is 0 Å². The molecule has 0 heterocycles. The highest BCUT2D eigenvalue weighted by atomic mass is 16.5. The van der Waals surface area contributed by atoms with Gasteiger partial charge in [-0.2, -0.15) is 0 Å². The van der Waals surface area contributed by atoms with E-state index in [0.717, 1.165) is 5.75 Å². The molecule has 0 radical (unpaired) electrons. The van der Waals surface area contributed by atoms with Gasteiger partial charge in [0.1, 0.15) is 12.4 Å². The molecule has 0 spiro atoms. The van der Waals surface area contributed by atoms with Crippen molar-refractivity contribution < 1.29 is 4.74 Å². The molecule has 12 heavy (non-hydrogen) atoms. The van der Waals surface area contributed by atoms with Crippen LogP contribution in [0.1, 0.15) is 13.8 Å². The molecule has 0 saturated heterocycles. The zero-order valence-corrected chi connectivity index (χ0v) is 7.58. The number of ether oxygens (including phenoxy) is 1. The minimum atomic E-state index is 0.681. The summed E-state index contributed by atoms with van der Waals surface area (Å²) < 4.78 is 5.49. The fraction of sp³-hybridized carbons (Fsp3) is 0.273. The molecule has 0 N–H and O–H groups in total. The van der Waals surface area contributed by atoms with Crippen molar-refractivity contribution in [3.63, 3.8) is 0 Å². The van der Waals surface area contributed by atoms with Crippen LogP contribution in [0.3, 0.4) is 0 Å². The maximum absolute atomic E-state index is 5.49. The lowest BCUT2D eigenvalue weighted by Crippen LogP contribution is -1.97. The Hall–Kier alpha value is -1.24. The molecule has 0 saturated carbocycles. The summed E-state index contributed by atoms with van der Waals surface area (Å²) in [7, 11) is 0. The minimum absolute atomic E-state index is 0.681. The van der Waals surface area contributed by atoms with E-state index in [9.17, 15) is 0 Å². The van der Waals surface area contributed by atoms with E-state index in [1.165, 1.54) is 5.57 Å². The molecule has 0 bridgehead atoms. The fourth-order valence-corrected chi connectivity index (χ4v) is 0.797. The van der Waals surface area contributed by atoms with Crippen molar-refractivity contribution in [1.29, 1.82) is 0 Å². The fourth-order valence-electron chi connectivity index (χ4n) is 0.797. The van der Waals surface area contributed by atoms with Crippen LogP contribution in [0.5, 0.6) is 5.75 Å². The third kappa shape index (κ3) is 2.79. The van der Waals surface area contributed by atoms with Crippen molar-refractivity contribution in [2.45, 2.75) is 13.8 Å². The summed E-state index contributed by atoms with van der Waals surface area (Å²) in [5.41, 5.74) is 1.25. The summed E-state index contributed by atoms with van der Waals surface area (Å²) in [4.78, 5) is 0. The summed E-state index contributed by atoms with van der Waals surface area (Å²) in [6.45, 7) is 4.76. The molecule has 0 aromatic heterocycles. The van der Waals surface area contributed by atoms with Gasteiger partial charge in [0.05, 0.1) is 0 Å². The Labute approximate surface area is 73.7 Å². The first kappa shape index (κ1) is 8.85. The lowest BCUT2D eigenvalue weighted by molar-refractivity contribution is 0.352. The smallest absolute Gasteiger partial charge is 0.119 e. The molecular weight excluding hydrogens is 148 g/mol. The van der Waals surface area contributed by atoms with Gasteiger partial charge in [-0.05, 0) is 31.6 Å². The highest BCUT2D eigenvalue weighted by molar-refractivity contribution is 5.21. The molecule has 0 atom stereocenters. The van der Waals surface area contributed by atoms with Crippen LogP contribution in [0.4, 0.5) is 0 Å². The Balaban J connectivity index is 2.44. The van der Waals surface area contributed by atoms with Crippen molar-refractivity contribution in [2.75, 3.05) is 6.61 Å². The molecule has 0 amide bonds. The van der Waals surface area contributed by atoms with Crippen molar-refractivity contribution in [1.82, 2.24) is 0 Å². The van der Waals surface area contributed by atoms with Gasteiger partial charge in [0.2, 0.25) is 0 Å². The lowest BCUT2D eigenvalue weighted by Gasteiger charge is -2.04. The van der Waals surface area contributed by atoms with Gasteiger partial charge >= 0.3 is 0 Å². The minimum Gasteiger partial charge on any atom is -0.489 e. The standard InChI is InChI=1S/C11H14O/c1-3-10(2)9-12-11-7-5-4-6-8-11/h3-8H,9H2,1-2H3/b10-3+. The molecule has 0 aliphatic heterocycles. The van der Waals surface area contributed by atoms with Gasteiger partial charge in [0.15, 0.2) is 0 Å². The molecule has 64 valence electrons. The van der Waals surface area contributed by atoms with Gasteiger partial charge in [0.25, 0.3) is 0 Å². The van der Waals surface area contributed by atoms with E-state index in [2.05, 4.69) is 13.0 Å². The Bertz CT molecular complexity index is 249. The summed E-state index contributed by atoms with van der Waals surface area (Å²) in [6.07, 6.45) is 2.06. The second-order valence-electron chi connectivity index (χ2n) is 2.74. The number of hydrogen-bond donors (Lipinski definition) is 0. The number of hydrogen-bond acceptors (Lipinski definition) is 1. The molecular formula is C11H14O. The molecule has 1 rings (SSSR count). The average Bonchev–Trinajstić information content (AvgIpc) is 2.16. The molecule has 0 aliphatic rings. The quantitative estimate of drug-likeness (QED) is 0.621. The predicted molar refractivity (Wildman–Crippen MR) is 51.4 cm³/mol. The van der Waals surface area contributed by atoms with Gasteiger partial charge < -0.3 is 4.74 Å². The van der Waals surface area contributed by atoms with Crippen LogP contribution in [0.15, 0.2) is 42.0 Å². The van der Waals surface area contributed by atoms with Gasteiger partial charge in [-0.25, -0.2) is 0 Å². The normalized spacial score (nSPS) is 11.3. The SMILES string of the molecule is C/C=C(\C)COc1ccccc1. The molecule has 1 aromatic carbocycles. The second-order valence-corrected chi connectivity index (χ2v) is 2.74. The summed E-state index contributed by atoms with van der Waals surface area (Å²) in [5.74, 6) is 0.929. The summed E-state index contributed by atoms with van der Waals surface area (Å²) >= 11 is 0. The van der Waals surface area contributed by atoms with Crippen LogP contribution < -0.4 is 4.74 Å². The van der Waals surface area contributed by atoms with Crippen molar-refractivity contribution in [3.8, 4) is 5.75 Å². The maximum Gasteiger partial charge on any atom is 0.119 e. The molecule has 0 fully saturated rings. The Kier molecular flexibility index (Phi) is 3.39. The predicted octanol–water partition coefficient (Wildman–Crippen LogP) is 3.03. The van der Waals surface area contributed by atoms with E-state index in [-0.39, 0.29) is 0 Å². The number of para-hydroxylation sites is 1. The first-order valence-electron chi connectivity index (χ1n) is 4.12. The topological polar surface area (TPSA) is 9.23 Å². The third-order valence-electron chi connectivity index (χ3n) is 1.70. The van der Waals surface area contributed by atoms with Crippen molar-refractivity contribution >= 4 is 0 Å². The zero-order valence-electron chi connectivity index (χ0n) is 7.58. The Morgan fingerprint density at radius 1 is 1.33 bits per heavy atom. The van der Waals surface area contributed by atoms with Crippen LogP contribution in [0, 0.1) is 0 Å². The van der Waals surface area contributed by atoms with E-state index >= 15 is 0 Å². The zero-order chi connectivity index (χ0) is 8.81. The van der Waals surface area contributed by atoms with E-state index in [1.54, 1.807) is 0 Å². The van der Waals surface area contributed by atoms with Gasteiger partial charge in [-0.3, -0.25) is 0 Å². The highest BCUT2D eigenvalue weighted by Gasteiger charge is 1.90. The molecule has 0 unspecified atom stereocenters. The highest BCUT2D eigenvalue weighted by Crippen LogP contribution is 2.09. The largest absolute Gasteiger partial charge is 0.489 e. The Morgan fingerprint density at radius 3 is 2.58 bits per heavy atom. The summed E-state index contributed by atoms with van der Waals surface area (Å²) in [5, 5.41) is 0. The average molecular weight is 162 g/mol. The van der Waals surface area contributed by atoms with Gasteiger partial charge in [-0.1, -0.05) is 24.3 Å². The number of rotatable bonds is 3. The van der Waals surface area contributed by atoms with Crippen LogP contribution in [-0.4, -0.2) is 6.61 Å². The number of benzene rings is 1. The van der Waals surface area contributed by atoms with Gasteiger partial charge in [-0.15, -0.1) is 0 Å². The molecule has 1 nitrogen and oxygen atoms in total. The third-order valence-corrected chi connectivity index (χ3v) is 1.70. The first-order valence-corrected chi connectivity index (χ1v) is 4.12. The van der Waals surface area contributed by atoms with Crippen LogP contribution in [0.25, 0.3) is 0 Å². The van der Waals surface area contributed by atoms with Crippen molar-refractivity contribution in [3.05, 3.63) is 42.0 Å². The van der Waals surface area contributed by atoms with Crippen molar-refractivity contribution in [2.24, 2.45) is 0 Å². The Morgan fingerprint density at radius 2 is 2.00 bits per heavy atom. The van der Waals surface area contributed by atoms with Crippen LogP contribution in [-0.2, 0) is 0 Å². The monoisotopic (exact) mass is 162 g/mol. The molecule has 0 aliphatic carbocycles. The lowest BCUT2D eigenvalue weighted by atomic mass is 10.3. The van der Waals surface area contributed by atoms with Crippen LogP contribution in [0.2, 0.25) is 0 Å². The van der Waals surface area contributed by atoms with E-state index in [4.69, 9.17) is 4.74 Å². The first-order chi connectivity index (χ1) is 5.83.